The summed E-state index contributed by atoms with van der Waals surface area (Å²) in [4.78, 5) is 4.47. The van der Waals surface area contributed by atoms with Crippen molar-refractivity contribution in [3.63, 3.8) is 0 Å². The molecule has 0 aliphatic rings. The van der Waals surface area contributed by atoms with Gasteiger partial charge in [0, 0.05) is 12.7 Å². The maximum Gasteiger partial charge on any atom is 0.183 e. The van der Waals surface area contributed by atoms with Gasteiger partial charge in [-0.25, -0.2) is 4.98 Å². The first-order valence-electron chi connectivity index (χ1n) is 2.73. The third-order valence-electron chi connectivity index (χ3n) is 1.05. The quantitative estimate of drug-likeness (QED) is 0.704. The van der Waals surface area contributed by atoms with Gasteiger partial charge in [-0.05, 0) is 0 Å². The van der Waals surface area contributed by atoms with E-state index >= 15 is 0 Å². The van der Waals surface area contributed by atoms with Gasteiger partial charge in [0.2, 0.25) is 0 Å². The average molecular weight is 179 g/mol. The van der Waals surface area contributed by atoms with Gasteiger partial charge in [-0.3, -0.25) is 0 Å². The summed E-state index contributed by atoms with van der Waals surface area (Å²) >= 11 is 6.76. The first-order chi connectivity index (χ1) is 4.74. The number of aliphatic hydroxyl groups is 1. The SMILES string of the molecule is NC[C@H](O)c1cnc(Cl)s1. The topological polar surface area (TPSA) is 59.1 Å². The lowest BCUT2D eigenvalue weighted by Gasteiger charge is -2.00. The molecule has 1 aromatic rings. The third kappa shape index (κ3) is 1.67. The minimum absolute atomic E-state index is 0.207. The molecule has 0 amide bonds. The molecule has 0 aliphatic carbocycles. The zero-order chi connectivity index (χ0) is 7.56. The van der Waals surface area contributed by atoms with Gasteiger partial charge in [-0.15, -0.1) is 11.3 Å². The molecule has 0 spiro atoms. The maximum atomic E-state index is 9.13. The fourth-order valence-corrected chi connectivity index (χ4v) is 1.49. The summed E-state index contributed by atoms with van der Waals surface area (Å²) in [5, 5.41) is 9.13. The van der Waals surface area contributed by atoms with Crippen LogP contribution in [0.1, 0.15) is 11.0 Å². The summed E-state index contributed by atoms with van der Waals surface area (Å²) < 4.78 is 0.433. The number of aliphatic hydroxyl groups excluding tert-OH is 1. The smallest absolute Gasteiger partial charge is 0.183 e. The second-order valence-corrected chi connectivity index (χ2v) is 3.41. The van der Waals surface area contributed by atoms with E-state index in [1.165, 1.54) is 17.5 Å². The van der Waals surface area contributed by atoms with Crippen LogP contribution in [0.3, 0.4) is 0 Å². The minimum Gasteiger partial charge on any atom is -0.386 e. The molecule has 1 atom stereocenters. The van der Waals surface area contributed by atoms with Crippen molar-refractivity contribution in [3.05, 3.63) is 15.5 Å². The highest BCUT2D eigenvalue weighted by molar-refractivity contribution is 7.15. The Morgan fingerprint density at radius 2 is 2.60 bits per heavy atom. The van der Waals surface area contributed by atoms with E-state index in [0.717, 1.165) is 0 Å². The Kier molecular flexibility index (Phi) is 2.62. The van der Waals surface area contributed by atoms with Crippen molar-refractivity contribution in [2.75, 3.05) is 6.54 Å². The molecule has 3 N–H and O–H groups in total. The molecular weight excluding hydrogens is 172 g/mol. The van der Waals surface area contributed by atoms with E-state index in [1.807, 2.05) is 0 Å². The minimum atomic E-state index is -0.620. The predicted octanol–water partition coefficient (Wildman–Crippen LogP) is 0.789. The molecule has 10 heavy (non-hydrogen) atoms. The number of thiazole rings is 1. The summed E-state index contributed by atoms with van der Waals surface area (Å²) in [5.41, 5.74) is 5.20. The van der Waals surface area contributed by atoms with Crippen molar-refractivity contribution in [1.29, 1.82) is 0 Å². The lowest BCUT2D eigenvalue weighted by molar-refractivity contribution is 0.190. The summed E-state index contributed by atoms with van der Waals surface area (Å²) in [7, 11) is 0. The molecule has 3 nitrogen and oxygen atoms in total. The second-order valence-electron chi connectivity index (χ2n) is 1.77. The zero-order valence-electron chi connectivity index (χ0n) is 5.12. The molecule has 0 saturated carbocycles. The van der Waals surface area contributed by atoms with Gasteiger partial charge in [-0.2, -0.15) is 0 Å². The number of hydrogen-bond donors (Lipinski definition) is 2. The molecule has 0 saturated heterocycles. The Morgan fingerprint density at radius 3 is 3.00 bits per heavy atom. The second kappa shape index (κ2) is 3.30. The molecule has 5 heteroatoms. The number of halogens is 1. The fraction of sp³-hybridized carbons (Fsp3) is 0.400. The van der Waals surface area contributed by atoms with E-state index in [1.54, 1.807) is 0 Å². The van der Waals surface area contributed by atoms with Gasteiger partial charge < -0.3 is 10.8 Å². The molecule has 0 unspecified atom stereocenters. The van der Waals surface area contributed by atoms with Crippen molar-refractivity contribution in [2.24, 2.45) is 5.73 Å². The summed E-state index contributed by atoms with van der Waals surface area (Å²) in [6.07, 6.45) is 0.912. The molecule has 56 valence electrons. The Balaban J connectivity index is 2.74. The summed E-state index contributed by atoms with van der Waals surface area (Å²) in [5.74, 6) is 0. The van der Waals surface area contributed by atoms with Crippen LogP contribution < -0.4 is 5.73 Å². The van der Waals surface area contributed by atoms with E-state index in [-0.39, 0.29) is 6.54 Å². The van der Waals surface area contributed by atoms with Crippen LogP contribution in [0, 0.1) is 0 Å². The van der Waals surface area contributed by atoms with Crippen LogP contribution in [0.4, 0.5) is 0 Å². The van der Waals surface area contributed by atoms with Crippen LogP contribution in [0.25, 0.3) is 0 Å². The van der Waals surface area contributed by atoms with Gasteiger partial charge in [0.25, 0.3) is 0 Å². The fourth-order valence-electron chi connectivity index (χ4n) is 0.535. The highest BCUT2D eigenvalue weighted by atomic mass is 35.5. The van der Waals surface area contributed by atoms with Crippen LogP contribution in [0.2, 0.25) is 4.47 Å². The summed E-state index contributed by atoms with van der Waals surface area (Å²) in [6, 6.07) is 0. The van der Waals surface area contributed by atoms with Crippen LogP contribution >= 0.6 is 22.9 Å². The molecule has 1 rings (SSSR count). The molecule has 1 heterocycles. The lowest BCUT2D eigenvalue weighted by Crippen LogP contribution is -2.09. The Labute approximate surface area is 67.5 Å². The number of nitrogens with two attached hydrogens (primary N) is 1. The van der Waals surface area contributed by atoms with Crippen molar-refractivity contribution < 1.29 is 5.11 Å². The Bertz CT molecular complexity index is 215. The Hall–Kier alpha value is -0.160. The number of hydrogen-bond acceptors (Lipinski definition) is 4. The van der Waals surface area contributed by atoms with Crippen molar-refractivity contribution in [3.8, 4) is 0 Å². The van der Waals surface area contributed by atoms with E-state index in [0.29, 0.717) is 9.34 Å². The number of aromatic nitrogens is 1. The Morgan fingerprint density at radius 1 is 1.90 bits per heavy atom. The van der Waals surface area contributed by atoms with Gasteiger partial charge in [0.05, 0.1) is 4.88 Å². The molecule has 0 aliphatic heterocycles. The van der Waals surface area contributed by atoms with Gasteiger partial charge in [0.15, 0.2) is 4.47 Å². The van der Waals surface area contributed by atoms with E-state index in [4.69, 9.17) is 22.4 Å². The zero-order valence-corrected chi connectivity index (χ0v) is 6.69. The van der Waals surface area contributed by atoms with E-state index < -0.39 is 6.10 Å². The number of rotatable bonds is 2. The van der Waals surface area contributed by atoms with Gasteiger partial charge >= 0.3 is 0 Å². The van der Waals surface area contributed by atoms with E-state index in [9.17, 15) is 0 Å². The summed E-state index contributed by atoms with van der Waals surface area (Å²) in [6.45, 7) is 0.207. The first kappa shape index (κ1) is 7.94. The highest BCUT2D eigenvalue weighted by Crippen LogP contribution is 2.22. The van der Waals surface area contributed by atoms with Crippen molar-refractivity contribution in [1.82, 2.24) is 4.98 Å². The van der Waals surface area contributed by atoms with Crippen molar-refractivity contribution in [2.45, 2.75) is 6.10 Å². The molecular formula is C5H7ClN2OS. The lowest BCUT2D eigenvalue weighted by atomic mass is 10.3. The molecule has 0 radical (unpaired) electrons. The molecule has 0 bridgehead atoms. The van der Waals surface area contributed by atoms with Gasteiger partial charge in [0.1, 0.15) is 6.10 Å². The highest BCUT2D eigenvalue weighted by Gasteiger charge is 2.07. The monoisotopic (exact) mass is 178 g/mol. The van der Waals surface area contributed by atoms with Crippen LogP contribution in [0.5, 0.6) is 0 Å². The normalized spacial score (nSPS) is 13.5. The van der Waals surface area contributed by atoms with E-state index in [2.05, 4.69) is 4.98 Å². The molecule has 0 aromatic carbocycles. The first-order valence-corrected chi connectivity index (χ1v) is 3.93. The van der Waals surface area contributed by atoms with Crippen LogP contribution in [0.15, 0.2) is 6.20 Å². The molecule has 0 fully saturated rings. The molecule has 1 aromatic heterocycles. The van der Waals surface area contributed by atoms with Crippen LogP contribution in [-0.2, 0) is 0 Å². The van der Waals surface area contributed by atoms with Crippen molar-refractivity contribution >= 4 is 22.9 Å². The van der Waals surface area contributed by atoms with Crippen LogP contribution in [-0.4, -0.2) is 16.6 Å². The predicted molar refractivity (Wildman–Crippen MR) is 41.1 cm³/mol. The average Bonchev–Trinajstić information content (AvgIpc) is 2.34. The number of nitrogens with zero attached hydrogens (tertiary/aromatic N) is 1. The van der Waals surface area contributed by atoms with Gasteiger partial charge in [-0.1, -0.05) is 11.6 Å². The maximum absolute atomic E-state index is 9.13. The third-order valence-corrected chi connectivity index (χ3v) is 2.26. The largest absolute Gasteiger partial charge is 0.386 e. The standard InChI is InChI=1S/C5H7ClN2OS/c6-5-8-2-4(10-5)3(9)1-7/h2-3,9H,1,7H2/t3-/m0/s1.